The van der Waals surface area contributed by atoms with Crippen molar-refractivity contribution in [2.75, 3.05) is 0 Å². The van der Waals surface area contributed by atoms with Gasteiger partial charge in [0.25, 0.3) is 0 Å². The van der Waals surface area contributed by atoms with Gasteiger partial charge in [-0.05, 0) is 23.9 Å². The van der Waals surface area contributed by atoms with Gasteiger partial charge in [0.2, 0.25) is 5.76 Å². The number of furan rings is 1. The fourth-order valence-electron chi connectivity index (χ4n) is 1.03. The van der Waals surface area contributed by atoms with E-state index < -0.39 is 5.97 Å². The third-order valence-electron chi connectivity index (χ3n) is 1.76. The van der Waals surface area contributed by atoms with Crippen LogP contribution in [0.1, 0.15) is 10.6 Å². The highest BCUT2D eigenvalue weighted by Crippen LogP contribution is 2.27. The molecular formula is C9H8N2O3S. The summed E-state index contributed by atoms with van der Waals surface area (Å²) in [4.78, 5) is 14.6. The third-order valence-corrected chi connectivity index (χ3v) is 2.76. The van der Waals surface area contributed by atoms with E-state index in [1.807, 2.05) is 17.8 Å². The predicted molar refractivity (Wildman–Crippen MR) is 53.0 cm³/mol. The van der Waals surface area contributed by atoms with Crippen LogP contribution in [0, 0.1) is 0 Å². The predicted octanol–water partition coefficient (Wildman–Crippen LogP) is 1.86. The van der Waals surface area contributed by atoms with Gasteiger partial charge in [0.05, 0.1) is 0 Å². The van der Waals surface area contributed by atoms with Crippen molar-refractivity contribution in [1.29, 1.82) is 0 Å². The monoisotopic (exact) mass is 224 g/mol. The van der Waals surface area contributed by atoms with Gasteiger partial charge in [-0.2, -0.15) is 0 Å². The molecule has 0 saturated heterocycles. The molecule has 2 aromatic rings. The molecule has 0 amide bonds. The van der Waals surface area contributed by atoms with Crippen LogP contribution in [-0.4, -0.2) is 20.6 Å². The molecule has 0 saturated carbocycles. The van der Waals surface area contributed by atoms with Gasteiger partial charge in [0.1, 0.15) is 0 Å². The summed E-state index contributed by atoms with van der Waals surface area (Å²) in [5.74, 6) is -1.13. The minimum atomic E-state index is -1.07. The van der Waals surface area contributed by atoms with Crippen molar-refractivity contribution in [3.8, 4) is 0 Å². The number of hydrogen-bond donors (Lipinski definition) is 1. The fraction of sp³-hybridized carbons (Fsp3) is 0.111. The summed E-state index contributed by atoms with van der Waals surface area (Å²) in [6.45, 7) is 0. The lowest BCUT2D eigenvalue weighted by Gasteiger charge is -1.96. The number of aromatic nitrogens is 2. The van der Waals surface area contributed by atoms with E-state index in [9.17, 15) is 4.79 Å². The Morgan fingerprint density at radius 2 is 2.40 bits per heavy atom. The number of aryl methyl sites for hydroxylation is 1. The van der Waals surface area contributed by atoms with E-state index in [0.29, 0.717) is 5.09 Å². The number of rotatable bonds is 3. The molecule has 15 heavy (non-hydrogen) atoms. The highest BCUT2D eigenvalue weighted by atomic mass is 32.2. The quantitative estimate of drug-likeness (QED) is 0.861. The zero-order valence-corrected chi connectivity index (χ0v) is 8.69. The van der Waals surface area contributed by atoms with E-state index in [2.05, 4.69) is 4.98 Å². The average molecular weight is 224 g/mol. The van der Waals surface area contributed by atoms with Crippen molar-refractivity contribution in [1.82, 2.24) is 9.55 Å². The molecule has 0 radical (unpaired) electrons. The summed E-state index contributed by atoms with van der Waals surface area (Å²) in [6.07, 6.45) is 3.48. The minimum Gasteiger partial charge on any atom is -0.475 e. The van der Waals surface area contributed by atoms with Gasteiger partial charge in [0.15, 0.2) is 10.2 Å². The SMILES string of the molecule is Cn1ccnc1Sc1ccc(C(=O)O)o1. The van der Waals surface area contributed by atoms with Crippen molar-refractivity contribution < 1.29 is 14.3 Å². The number of hydrogen-bond acceptors (Lipinski definition) is 4. The lowest BCUT2D eigenvalue weighted by molar-refractivity contribution is 0.0656. The maximum Gasteiger partial charge on any atom is 0.371 e. The van der Waals surface area contributed by atoms with Crippen molar-refractivity contribution in [2.45, 2.75) is 10.2 Å². The number of imidazole rings is 1. The fourth-order valence-corrected chi connectivity index (χ4v) is 1.80. The molecule has 6 heteroatoms. The molecule has 0 unspecified atom stereocenters. The molecule has 0 aliphatic carbocycles. The summed E-state index contributed by atoms with van der Waals surface area (Å²) in [7, 11) is 1.86. The summed E-state index contributed by atoms with van der Waals surface area (Å²) in [6, 6.07) is 3.04. The lowest BCUT2D eigenvalue weighted by Crippen LogP contribution is -1.91. The minimum absolute atomic E-state index is 0.0632. The Morgan fingerprint density at radius 1 is 1.60 bits per heavy atom. The largest absolute Gasteiger partial charge is 0.475 e. The molecule has 0 aromatic carbocycles. The Labute approximate surface area is 89.7 Å². The van der Waals surface area contributed by atoms with Crippen LogP contribution in [0.25, 0.3) is 0 Å². The Balaban J connectivity index is 2.18. The highest BCUT2D eigenvalue weighted by molar-refractivity contribution is 7.99. The van der Waals surface area contributed by atoms with Crippen LogP contribution in [0.15, 0.2) is 39.2 Å². The van der Waals surface area contributed by atoms with Crippen molar-refractivity contribution in [3.05, 3.63) is 30.3 Å². The van der Waals surface area contributed by atoms with Crippen LogP contribution in [-0.2, 0) is 7.05 Å². The number of aromatic carboxylic acids is 1. The summed E-state index contributed by atoms with van der Waals surface area (Å²) >= 11 is 1.28. The molecule has 5 nitrogen and oxygen atoms in total. The topological polar surface area (TPSA) is 68.3 Å². The molecule has 0 aliphatic rings. The summed E-state index contributed by atoms with van der Waals surface area (Å²) in [5, 5.41) is 9.92. The molecule has 2 rings (SSSR count). The first-order chi connectivity index (χ1) is 7.16. The van der Waals surface area contributed by atoms with Gasteiger partial charge in [0, 0.05) is 19.4 Å². The Hall–Kier alpha value is -1.69. The first kappa shape index (κ1) is 9.85. The van der Waals surface area contributed by atoms with E-state index in [-0.39, 0.29) is 5.76 Å². The van der Waals surface area contributed by atoms with Gasteiger partial charge < -0.3 is 14.1 Å². The van der Waals surface area contributed by atoms with Crippen molar-refractivity contribution in [3.63, 3.8) is 0 Å². The average Bonchev–Trinajstić information content (AvgIpc) is 2.77. The first-order valence-electron chi connectivity index (χ1n) is 4.15. The number of carbonyl (C=O) groups is 1. The van der Waals surface area contributed by atoms with E-state index in [1.54, 1.807) is 12.3 Å². The van der Waals surface area contributed by atoms with E-state index in [4.69, 9.17) is 9.52 Å². The highest BCUT2D eigenvalue weighted by Gasteiger charge is 2.11. The molecular weight excluding hydrogens is 216 g/mol. The molecule has 0 spiro atoms. The first-order valence-corrected chi connectivity index (χ1v) is 4.97. The second kappa shape index (κ2) is 3.82. The van der Waals surface area contributed by atoms with Gasteiger partial charge in [-0.15, -0.1) is 0 Å². The smallest absolute Gasteiger partial charge is 0.371 e. The second-order valence-electron chi connectivity index (χ2n) is 2.85. The van der Waals surface area contributed by atoms with Crippen LogP contribution in [0.2, 0.25) is 0 Å². The van der Waals surface area contributed by atoms with Crippen LogP contribution in [0.5, 0.6) is 0 Å². The lowest BCUT2D eigenvalue weighted by atomic mass is 10.5. The van der Waals surface area contributed by atoms with Gasteiger partial charge in [-0.3, -0.25) is 0 Å². The van der Waals surface area contributed by atoms with Gasteiger partial charge >= 0.3 is 5.97 Å². The number of carboxylic acid groups (broad SMARTS) is 1. The molecule has 0 aliphatic heterocycles. The molecule has 2 aromatic heterocycles. The number of carboxylic acids is 1. The van der Waals surface area contributed by atoms with Crippen molar-refractivity contribution >= 4 is 17.7 Å². The molecule has 1 N–H and O–H groups in total. The van der Waals surface area contributed by atoms with Crippen LogP contribution >= 0.6 is 11.8 Å². The summed E-state index contributed by atoms with van der Waals surface area (Å²) < 4.78 is 6.91. The van der Waals surface area contributed by atoms with E-state index in [1.165, 1.54) is 17.8 Å². The molecule has 78 valence electrons. The van der Waals surface area contributed by atoms with E-state index in [0.717, 1.165) is 5.16 Å². The normalized spacial score (nSPS) is 10.5. The third kappa shape index (κ3) is 2.04. The van der Waals surface area contributed by atoms with Crippen molar-refractivity contribution in [2.24, 2.45) is 7.05 Å². The summed E-state index contributed by atoms with van der Waals surface area (Å²) in [5.41, 5.74) is 0. The van der Waals surface area contributed by atoms with Crippen LogP contribution in [0.4, 0.5) is 0 Å². The molecule has 2 heterocycles. The van der Waals surface area contributed by atoms with Crippen LogP contribution in [0.3, 0.4) is 0 Å². The standard InChI is InChI=1S/C9H8N2O3S/c1-11-5-4-10-9(11)15-7-3-2-6(14-7)8(12)13/h2-5H,1H3,(H,12,13). The molecule has 0 atom stereocenters. The Kier molecular flexibility index (Phi) is 2.51. The van der Waals surface area contributed by atoms with E-state index >= 15 is 0 Å². The van der Waals surface area contributed by atoms with Gasteiger partial charge in [-0.1, -0.05) is 0 Å². The Bertz CT molecular complexity index is 489. The zero-order valence-electron chi connectivity index (χ0n) is 7.88. The maximum absolute atomic E-state index is 10.6. The van der Waals surface area contributed by atoms with Gasteiger partial charge in [-0.25, -0.2) is 9.78 Å². The van der Waals surface area contributed by atoms with Crippen LogP contribution < -0.4 is 0 Å². The zero-order chi connectivity index (χ0) is 10.8. The molecule has 0 bridgehead atoms. The maximum atomic E-state index is 10.6. The molecule has 0 fully saturated rings. The second-order valence-corrected chi connectivity index (χ2v) is 3.82. The Morgan fingerprint density at radius 3 is 2.93 bits per heavy atom. The number of nitrogens with zero attached hydrogens (tertiary/aromatic N) is 2.